The van der Waals surface area contributed by atoms with Gasteiger partial charge in [-0.25, -0.2) is 9.97 Å². The Morgan fingerprint density at radius 3 is 2.83 bits per heavy atom. The molecule has 0 saturated heterocycles. The molecular formula is C19H15ClN4. The van der Waals surface area contributed by atoms with E-state index in [0.717, 1.165) is 34.7 Å². The smallest absolute Gasteiger partial charge is 0.158 e. The molecule has 3 heterocycles. The number of rotatable bonds is 3. The summed E-state index contributed by atoms with van der Waals surface area (Å²) in [6.07, 6.45) is 5.58. The number of hydrogen-bond acceptors (Lipinski definition) is 3. The van der Waals surface area contributed by atoms with E-state index < -0.39 is 0 Å². The fourth-order valence-electron chi connectivity index (χ4n) is 2.80. The number of imidazole rings is 1. The van der Waals surface area contributed by atoms with Crippen molar-refractivity contribution in [2.24, 2.45) is 0 Å². The molecule has 0 bridgehead atoms. The molecule has 3 aromatic heterocycles. The van der Waals surface area contributed by atoms with Crippen LogP contribution in [-0.4, -0.2) is 19.5 Å². The van der Waals surface area contributed by atoms with E-state index in [1.54, 1.807) is 6.20 Å². The van der Waals surface area contributed by atoms with Gasteiger partial charge in [-0.1, -0.05) is 29.8 Å². The molecule has 0 amide bonds. The van der Waals surface area contributed by atoms with Crippen LogP contribution in [0.4, 0.5) is 0 Å². The van der Waals surface area contributed by atoms with Crippen molar-refractivity contribution in [1.82, 2.24) is 19.5 Å². The normalized spacial score (nSPS) is 11.1. The highest BCUT2D eigenvalue weighted by atomic mass is 35.5. The van der Waals surface area contributed by atoms with Gasteiger partial charge in [0.2, 0.25) is 0 Å². The number of pyridine rings is 2. The van der Waals surface area contributed by atoms with Gasteiger partial charge in [0, 0.05) is 36.2 Å². The standard InChI is InChI=1S/C19H15ClN4/c1-13-11-14(7-8-21-13)12-24-10-9-22-19(24)17-6-5-15-3-2-4-16(20)18(15)23-17/h2-11H,12H2,1H3. The van der Waals surface area contributed by atoms with E-state index >= 15 is 0 Å². The van der Waals surface area contributed by atoms with Crippen molar-refractivity contribution in [3.8, 4) is 11.5 Å². The number of nitrogens with zero attached hydrogens (tertiary/aromatic N) is 4. The molecule has 0 spiro atoms. The zero-order valence-corrected chi connectivity index (χ0v) is 13.9. The Balaban J connectivity index is 1.75. The highest BCUT2D eigenvalue weighted by molar-refractivity contribution is 6.35. The van der Waals surface area contributed by atoms with E-state index in [0.29, 0.717) is 5.02 Å². The monoisotopic (exact) mass is 334 g/mol. The third-order valence-corrected chi connectivity index (χ3v) is 4.23. The summed E-state index contributed by atoms with van der Waals surface area (Å²) in [5.74, 6) is 0.825. The first-order valence-corrected chi connectivity index (χ1v) is 8.07. The molecule has 4 nitrogen and oxygen atoms in total. The molecule has 4 rings (SSSR count). The first kappa shape index (κ1) is 14.8. The van der Waals surface area contributed by atoms with Gasteiger partial charge in [-0.15, -0.1) is 0 Å². The van der Waals surface area contributed by atoms with Gasteiger partial charge >= 0.3 is 0 Å². The van der Waals surface area contributed by atoms with Crippen molar-refractivity contribution in [1.29, 1.82) is 0 Å². The number of hydrogen-bond donors (Lipinski definition) is 0. The first-order chi connectivity index (χ1) is 11.7. The van der Waals surface area contributed by atoms with Gasteiger partial charge in [-0.2, -0.15) is 0 Å². The Morgan fingerprint density at radius 2 is 1.96 bits per heavy atom. The topological polar surface area (TPSA) is 43.6 Å². The number of halogens is 1. The van der Waals surface area contributed by atoms with Crippen LogP contribution >= 0.6 is 11.6 Å². The molecule has 4 aromatic rings. The highest BCUT2D eigenvalue weighted by Gasteiger charge is 2.10. The predicted octanol–water partition coefficient (Wildman–Crippen LogP) is 4.50. The Hall–Kier alpha value is -2.72. The number of benzene rings is 1. The lowest BCUT2D eigenvalue weighted by atomic mass is 10.2. The van der Waals surface area contributed by atoms with Crippen LogP contribution in [0.25, 0.3) is 22.4 Å². The maximum atomic E-state index is 6.28. The Bertz CT molecular complexity index is 1020. The lowest BCUT2D eigenvalue weighted by Crippen LogP contribution is -2.03. The van der Waals surface area contributed by atoms with Crippen molar-refractivity contribution in [3.63, 3.8) is 0 Å². The van der Waals surface area contributed by atoms with Crippen LogP contribution in [0.5, 0.6) is 0 Å². The van der Waals surface area contributed by atoms with Crippen LogP contribution in [-0.2, 0) is 6.54 Å². The molecule has 0 N–H and O–H groups in total. The number of fused-ring (bicyclic) bond motifs is 1. The molecule has 24 heavy (non-hydrogen) atoms. The zero-order chi connectivity index (χ0) is 16.5. The average molecular weight is 335 g/mol. The summed E-state index contributed by atoms with van der Waals surface area (Å²) in [6.45, 7) is 2.71. The van der Waals surface area contributed by atoms with Crippen LogP contribution in [0.1, 0.15) is 11.3 Å². The molecule has 0 aliphatic heterocycles. The van der Waals surface area contributed by atoms with Gasteiger partial charge in [0.05, 0.1) is 10.5 Å². The summed E-state index contributed by atoms with van der Waals surface area (Å²) in [7, 11) is 0. The van der Waals surface area contributed by atoms with E-state index in [1.807, 2.05) is 55.7 Å². The summed E-state index contributed by atoms with van der Waals surface area (Å²) in [5.41, 5.74) is 3.79. The van der Waals surface area contributed by atoms with Gasteiger partial charge < -0.3 is 4.57 Å². The van der Waals surface area contributed by atoms with Gasteiger partial charge in [0.15, 0.2) is 5.82 Å². The molecule has 0 unspecified atom stereocenters. The summed E-state index contributed by atoms with van der Waals surface area (Å²) in [5, 5.41) is 1.67. The minimum atomic E-state index is 0.650. The number of aryl methyl sites for hydroxylation is 1. The van der Waals surface area contributed by atoms with Crippen LogP contribution in [0, 0.1) is 6.92 Å². The molecule has 0 aliphatic rings. The van der Waals surface area contributed by atoms with Crippen molar-refractivity contribution >= 4 is 22.5 Å². The minimum Gasteiger partial charge on any atom is -0.325 e. The van der Waals surface area contributed by atoms with Crippen LogP contribution < -0.4 is 0 Å². The summed E-state index contributed by atoms with van der Waals surface area (Å²) in [4.78, 5) is 13.4. The van der Waals surface area contributed by atoms with E-state index in [2.05, 4.69) is 20.6 Å². The predicted molar refractivity (Wildman–Crippen MR) is 96.1 cm³/mol. The Morgan fingerprint density at radius 1 is 1.04 bits per heavy atom. The van der Waals surface area contributed by atoms with Crippen LogP contribution in [0.15, 0.2) is 61.1 Å². The Labute approximate surface area is 144 Å². The van der Waals surface area contributed by atoms with Crippen molar-refractivity contribution in [2.75, 3.05) is 0 Å². The molecule has 0 atom stereocenters. The maximum Gasteiger partial charge on any atom is 0.158 e. The molecule has 0 aliphatic carbocycles. The van der Waals surface area contributed by atoms with Crippen molar-refractivity contribution in [2.45, 2.75) is 13.5 Å². The fraction of sp³-hybridized carbons (Fsp3) is 0.105. The number of para-hydroxylation sites is 1. The van der Waals surface area contributed by atoms with Crippen molar-refractivity contribution in [3.05, 3.63) is 77.3 Å². The summed E-state index contributed by atoms with van der Waals surface area (Å²) in [6, 6.07) is 13.9. The number of aromatic nitrogens is 4. The van der Waals surface area contributed by atoms with E-state index in [-0.39, 0.29) is 0 Å². The second-order valence-corrected chi connectivity index (χ2v) is 6.10. The zero-order valence-electron chi connectivity index (χ0n) is 13.1. The third kappa shape index (κ3) is 2.76. The minimum absolute atomic E-state index is 0.650. The molecule has 0 radical (unpaired) electrons. The van der Waals surface area contributed by atoms with E-state index in [4.69, 9.17) is 16.6 Å². The molecule has 1 aromatic carbocycles. The van der Waals surface area contributed by atoms with Crippen LogP contribution in [0.3, 0.4) is 0 Å². The fourth-order valence-corrected chi connectivity index (χ4v) is 3.03. The maximum absolute atomic E-state index is 6.28. The third-order valence-electron chi connectivity index (χ3n) is 3.93. The lowest BCUT2D eigenvalue weighted by molar-refractivity contribution is 0.801. The second kappa shape index (κ2) is 6.06. The van der Waals surface area contributed by atoms with Crippen molar-refractivity contribution < 1.29 is 0 Å². The van der Waals surface area contributed by atoms with E-state index in [1.165, 1.54) is 5.56 Å². The van der Waals surface area contributed by atoms with Gasteiger partial charge in [0.1, 0.15) is 5.69 Å². The van der Waals surface area contributed by atoms with Gasteiger partial charge in [-0.05, 0) is 36.8 Å². The lowest BCUT2D eigenvalue weighted by Gasteiger charge is -2.09. The molecule has 0 saturated carbocycles. The molecule has 118 valence electrons. The SMILES string of the molecule is Cc1cc(Cn2ccnc2-c2ccc3cccc(Cl)c3n2)ccn1. The first-order valence-electron chi connectivity index (χ1n) is 7.69. The van der Waals surface area contributed by atoms with Gasteiger partial charge in [0.25, 0.3) is 0 Å². The molecular weight excluding hydrogens is 320 g/mol. The summed E-state index contributed by atoms with van der Waals surface area (Å²) >= 11 is 6.28. The highest BCUT2D eigenvalue weighted by Crippen LogP contribution is 2.25. The van der Waals surface area contributed by atoms with Crippen LogP contribution in [0.2, 0.25) is 5.02 Å². The average Bonchev–Trinajstić information content (AvgIpc) is 3.03. The quantitative estimate of drug-likeness (QED) is 0.554. The molecule has 5 heteroatoms. The largest absolute Gasteiger partial charge is 0.325 e. The van der Waals surface area contributed by atoms with Gasteiger partial charge in [-0.3, -0.25) is 4.98 Å². The Kier molecular flexibility index (Phi) is 3.75. The van der Waals surface area contributed by atoms with E-state index in [9.17, 15) is 0 Å². The molecule has 0 fully saturated rings. The summed E-state index contributed by atoms with van der Waals surface area (Å²) < 4.78 is 2.08. The second-order valence-electron chi connectivity index (χ2n) is 5.69.